The summed E-state index contributed by atoms with van der Waals surface area (Å²) in [4.78, 5) is 1.14. The van der Waals surface area contributed by atoms with Crippen LogP contribution in [0.1, 0.15) is 0 Å². The van der Waals surface area contributed by atoms with E-state index in [2.05, 4.69) is 4.37 Å². The largest absolute Gasteiger partial charge is 0.399 e. The Labute approximate surface area is 115 Å². The van der Waals surface area contributed by atoms with Gasteiger partial charge < -0.3 is 11.5 Å². The number of nitrogen functional groups attached to an aromatic ring is 2. The Morgan fingerprint density at radius 1 is 0.737 bits per heavy atom. The van der Waals surface area contributed by atoms with Crippen LogP contribution in [-0.2, 0) is 0 Å². The third-order valence-electron chi connectivity index (χ3n) is 2.96. The van der Waals surface area contributed by atoms with E-state index in [1.807, 2.05) is 54.7 Å². The molecule has 1 heterocycles. The summed E-state index contributed by atoms with van der Waals surface area (Å²) in [6.45, 7) is 0. The van der Waals surface area contributed by atoms with Gasteiger partial charge in [-0.05, 0) is 46.9 Å². The average molecular weight is 267 g/mol. The molecule has 0 aliphatic carbocycles. The number of nitrogens with zero attached hydrogens (tertiary/aromatic N) is 1. The number of anilines is 2. The Kier molecular flexibility index (Phi) is 2.93. The Balaban J connectivity index is 2.07. The van der Waals surface area contributed by atoms with Gasteiger partial charge in [-0.2, -0.15) is 4.37 Å². The van der Waals surface area contributed by atoms with E-state index >= 15 is 0 Å². The fraction of sp³-hybridized carbons (Fsp3) is 0. The Morgan fingerprint density at radius 3 is 1.84 bits per heavy atom. The molecule has 19 heavy (non-hydrogen) atoms. The van der Waals surface area contributed by atoms with Gasteiger partial charge in [0.05, 0.1) is 4.88 Å². The lowest BCUT2D eigenvalue weighted by atomic mass is 10.0. The van der Waals surface area contributed by atoms with Crippen LogP contribution in [0.5, 0.6) is 0 Å². The van der Waals surface area contributed by atoms with E-state index in [9.17, 15) is 0 Å². The number of hydrogen-bond acceptors (Lipinski definition) is 4. The molecule has 94 valence electrons. The maximum absolute atomic E-state index is 5.72. The van der Waals surface area contributed by atoms with Crippen LogP contribution in [-0.4, -0.2) is 4.37 Å². The number of rotatable bonds is 2. The van der Waals surface area contributed by atoms with Gasteiger partial charge in [0.2, 0.25) is 0 Å². The number of benzene rings is 2. The highest BCUT2D eigenvalue weighted by Gasteiger charge is 2.10. The van der Waals surface area contributed by atoms with E-state index in [1.54, 1.807) is 0 Å². The van der Waals surface area contributed by atoms with Crippen LogP contribution in [0.25, 0.3) is 21.6 Å². The van der Waals surface area contributed by atoms with Gasteiger partial charge in [0, 0.05) is 23.1 Å². The van der Waals surface area contributed by atoms with Crippen LogP contribution in [0.2, 0.25) is 0 Å². The Bertz CT molecular complexity index is 624. The van der Waals surface area contributed by atoms with E-state index in [0.29, 0.717) is 0 Å². The van der Waals surface area contributed by atoms with Crippen LogP contribution in [0.15, 0.2) is 54.7 Å². The van der Waals surface area contributed by atoms with Crippen LogP contribution in [0.4, 0.5) is 11.4 Å². The summed E-state index contributed by atoms with van der Waals surface area (Å²) in [6.07, 6.45) is 1.89. The molecule has 0 unspecified atom stereocenters. The summed E-state index contributed by atoms with van der Waals surface area (Å²) < 4.78 is 4.30. The van der Waals surface area contributed by atoms with Crippen molar-refractivity contribution in [3.63, 3.8) is 0 Å². The van der Waals surface area contributed by atoms with Crippen molar-refractivity contribution in [2.75, 3.05) is 11.5 Å². The minimum absolute atomic E-state index is 0.765. The van der Waals surface area contributed by atoms with Gasteiger partial charge in [-0.25, -0.2) is 0 Å². The smallest absolute Gasteiger partial charge is 0.0628 e. The lowest BCUT2D eigenvalue weighted by Crippen LogP contribution is -1.85. The summed E-state index contributed by atoms with van der Waals surface area (Å²) in [5, 5.41) is 0. The maximum atomic E-state index is 5.72. The second-order valence-corrected chi connectivity index (χ2v) is 5.11. The zero-order valence-corrected chi connectivity index (χ0v) is 11.0. The standard InChI is InChI=1S/C15H13N3S/c16-12-5-1-10(2-6-12)14-9-18-19-15(14)11-3-7-13(17)8-4-11/h1-9H,16-17H2. The molecule has 0 spiro atoms. The molecule has 0 radical (unpaired) electrons. The summed E-state index contributed by atoms with van der Waals surface area (Å²) >= 11 is 1.49. The van der Waals surface area contributed by atoms with Crippen LogP contribution < -0.4 is 11.5 Å². The lowest BCUT2D eigenvalue weighted by molar-refractivity contribution is 1.56. The molecule has 0 bridgehead atoms. The Hall–Kier alpha value is -2.33. The number of aromatic nitrogens is 1. The van der Waals surface area contributed by atoms with Gasteiger partial charge in [-0.3, -0.25) is 0 Å². The zero-order valence-electron chi connectivity index (χ0n) is 10.2. The van der Waals surface area contributed by atoms with Crippen molar-refractivity contribution in [2.24, 2.45) is 0 Å². The first-order chi connectivity index (χ1) is 9.24. The first kappa shape index (κ1) is 11.7. The molecule has 0 saturated heterocycles. The number of nitrogens with two attached hydrogens (primary N) is 2. The highest BCUT2D eigenvalue weighted by atomic mass is 32.1. The van der Waals surface area contributed by atoms with Gasteiger partial charge in [0.15, 0.2) is 0 Å². The summed E-state index contributed by atoms with van der Waals surface area (Å²) in [6, 6.07) is 15.7. The third kappa shape index (κ3) is 2.30. The van der Waals surface area contributed by atoms with Crippen LogP contribution in [0, 0.1) is 0 Å². The zero-order chi connectivity index (χ0) is 13.2. The van der Waals surface area contributed by atoms with Crippen LogP contribution in [0.3, 0.4) is 0 Å². The predicted molar refractivity (Wildman–Crippen MR) is 81.8 cm³/mol. The van der Waals surface area contributed by atoms with Crippen molar-refractivity contribution in [3.05, 3.63) is 54.7 Å². The fourth-order valence-electron chi connectivity index (χ4n) is 1.95. The second-order valence-electron chi connectivity index (χ2n) is 4.31. The molecule has 0 aliphatic heterocycles. The molecule has 4 heteroatoms. The molecule has 3 aromatic rings. The molecule has 1 aromatic heterocycles. The molecule has 0 fully saturated rings. The minimum atomic E-state index is 0.765. The quantitative estimate of drug-likeness (QED) is 0.697. The van der Waals surface area contributed by atoms with Gasteiger partial charge in [0.25, 0.3) is 0 Å². The Morgan fingerprint density at radius 2 is 1.26 bits per heavy atom. The van der Waals surface area contributed by atoms with Gasteiger partial charge >= 0.3 is 0 Å². The summed E-state index contributed by atoms with van der Waals surface area (Å²) in [7, 11) is 0. The molecular weight excluding hydrogens is 254 g/mol. The molecule has 0 aliphatic rings. The molecule has 3 nitrogen and oxygen atoms in total. The minimum Gasteiger partial charge on any atom is -0.399 e. The molecule has 0 atom stereocenters. The van der Waals surface area contributed by atoms with E-state index in [1.165, 1.54) is 11.5 Å². The monoisotopic (exact) mass is 267 g/mol. The molecule has 0 amide bonds. The van der Waals surface area contributed by atoms with E-state index in [4.69, 9.17) is 11.5 Å². The highest BCUT2D eigenvalue weighted by Crippen LogP contribution is 2.35. The topological polar surface area (TPSA) is 64.9 Å². The SMILES string of the molecule is Nc1ccc(-c2cnsc2-c2ccc(N)cc2)cc1. The molecule has 4 N–H and O–H groups in total. The van der Waals surface area contributed by atoms with E-state index in [-0.39, 0.29) is 0 Å². The number of hydrogen-bond donors (Lipinski definition) is 2. The maximum Gasteiger partial charge on any atom is 0.0628 e. The normalized spacial score (nSPS) is 10.5. The first-order valence-corrected chi connectivity index (χ1v) is 6.68. The molecule has 2 aromatic carbocycles. The molecular formula is C15H13N3S. The molecule has 0 saturated carbocycles. The molecule has 3 rings (SSSR count). The van der Waals surface area contributed by atoms with Crippen molar-refractivity contribution in [3.8, 4) is 21.6 Å². The van der Waals surface area contributed by atoms with Gasteiger partial charge in [0.1, 0.15) is 0 Å². The van der Waals surface area contributed by atoms with Gasteiger partial charge in [-0.15, -0.1) is 0 Å². The predicted octanol–water partition coefficient (Wildman–Crippen LogP) is 3.64. The summed E-state index contributed by atoms with van der Waals surface area (Å²) in [5.41, 5.74) is 16.3. The average Bonchev–Trinajstić information content (AvgIpc) is 2.90. The highest BCUT2D eigenvalue weighted by molar-refractivity contribution is 7.10. The van der Waals surface area contributed by atoms with Crippen LogP contribution >= 0.6 is 11.5 Å². The van der Waals surface area contributed by atoms with Crippen molar-refractivity contribution >= 4 is 22.9 Å². The van der Waals surface area contributed by atoms with Gasteiger partial charge in [-0.1, -0.05) is 24.3 Å². The second kappa shape index (κ2) is 4.74. The third-order valence-corrected chi connectivity index (χ3v) is 3.81. The van der Waals surface area contributed by atoms with Crippen molar-refractivity contribution in [1.82, 2.24) is 4.37 Å². The van der Waals surface area contributed by atoms with E-state index in [0.717, 1.165) is 32.9 Å². The summed E-state index contributed by atoms with van der Waals surface area (Å²) in [5.74, 6) is 0. The first-order valence-electron chi connectivity index (χ1n) is 5.90. The van der Waals surface area contributed by atoms with Crippen molar-refractivity contribution in [1.29, 1.82) is 0 Å². The van der Waals surface area contributed by atoms with Crippen molar-refractivity contribution < 1.29 is 0 Å². The lowest BCUT2D eigenvalue weighted by Gasteiger charge is -2.04. The fourth-order valence-corrected chi connectivity index (χ4v) is 2.72. The van der Waals surface area contributed by atoms with E-state index < -0.39 is 0 Å². The van der Waals surface area contributed by atoms with Crippen molar-refractivity contribution in [2.45, 2.75) is 0 Å².